The average molecular weight is 144 g/mol. The van der Waals surface area contributed by atoms with Crippen LogP contribution >= 0.6 is 0 Å². The molecule has 0 aromatic carbocycles. The van der Waals surface area contributed by atoms with Crippen molar-refractivity contribution < 1.29 is 20.0 Å². The van der Waals surface area contributed by atoms with Gasteiger partial charge in [0.05, 0.1) is 0 Å². The number of H-pyrrole nitrogens is 1. The summed E-state index contributed by atoms with van der Waals surface area (Å²) in [5, 5.41) is 6.21. The summed E-state index contributed by atoms with van der Waals surface area (Å²) in [6.45, 7) is 0. The van der Waals surface area contributed by atoms with Crippen LogP contribution in [0.25, 0.3) is 0 Å². The van der Waals surface area contributed by atoms with Crippen molar-refractivity contribution in [3.63, 3.8) is 0 Å². The molecule has 7 heavy (non-hydrogen) atoms. The number of nitrogens with one attached hydrogen (secondary N) is 1. The zero-order valence-electron chi connectivity index (χ0n) is 3.44. The van der Waals surface area contributed by atoms with Crippen LogP contribution in [0.3, 0.4) is 0 Å². The van der Waals surface area contributed by atoms with Crippen LogP contribution < -0.4 is 0 Å². The Balaban J connectivity index is 0.000000162. The minimum absolute atomic E-state index is 1.69. The SMILES string of the molecule is [OH][Ni].c1cn[nH]c1. The normalized spacial score (nSPS) is 6.71. The average Bonchev–Trinajstić information content (AvgIpc) is 2.23. The molecule has 0 saturated carbocycles. The van der Waals surface area contributed by atoms with E-state index in [-0.39, 0.29) is 0 Å². The second kappa shape index (κ2) is 5.66. The van der Waals surface area contributed by atoms with Crippen LogP contribution in [-0.2, 0) is 15.8 Å². The Hall–Kier alpha value is -0.336. The first-order valence-electron chi connectivity index (χ1n) is 1.58. The van der Waals surface area contributed by atoms with E-state index in [9.17, 15) is 0 Å². The fraction of sp³-hybridized carbons (Fsp3) is 0. The number of nitrogens with zero attached hydrogens (tertiary/aromatic N) is 1. The third kappa shape index (κ3) is 3.50. The van der Waals surface area contributed by atoms with Gasteiger partial charge in [0.2, 0.25) is 0 Å². The van der Waals surface area contributed by atoms with E-state index >= 15 is 0 Å². The topological polar surface area (TPSA) is 48.9 Å². The van der Waals surface area contributed by atoms with Crippen LogP contribution in [0.1, 0.15) is 0 Å². The van der Waals surface area contributed by atoms with Gasteiger partial charge in [0, 0.05) is 12.4 Å². The molecule has 0 atom stereocenters. The first kappa shape index (κ1) is 6.66. The third-order valence-electron chi connectivity index (χ3n) is 0.406. The van der Waals surface area contributed by atoms with Gasteiger partial charge >= 0.3 is 20.0 Å². The van der Waals surface area contributed by atoms with Crippen molar-refractivity contribution in [2.45, 2.75) is 0 Å². The maximum absolute atomic E-state index is 6.62. The number of aromatic amines is 1. The summed E-state index contributed by atoms with van der Waals surface area (Å²) in [5.41, 5.74) is 0. The van der Waals surface area contributed by atoms with Crippen LogP contribution in [0.5, 0.6) is 0 Å². The molecule has 0 fully saturated rings. The first-order valence-corrected chi connectivity index (χ1v) is 2.02. The standard InChI is InChI=1S/C3H4N2.Ni.H2O/c1-2-4-5-3-1;;/h1-3H,(H,4,5);;1H2/q;+1;/p-1. The predicted molar refractivity (Wildman–Crippen MR) is 20.8 cm³/mol. The fourth-order valence-electron chi connectivity index (χ4n) is 0.215. The van der Waals surface area contributed by atoms with Crippen LogP contribution in [-0.4, -0.2) is 14.4 Å². The Bertz CT molecular complexity index is 69.4. The van der Waals surface area contributed by atoms with Crippen molar-refractivity contribution in [3.8, 4) is 0 Å². The maximum Gasteiger partial charge on any atom is 0.0487 e. The van der Waals surface area contributed by atoms with Gasteiger partial charge in [-0.3, -0.25) is 5.10 Å². The molecule has 1 aromatic heterocycles. The van der Waals surface area contributed by atoms with Crippen molar-refractivity contribution in [2.24, 2.45) is 0 Å². The van der Waals surface area contributed by atoms with Gasteiger partial charge in [-0.1, -0.05) is 0 Å². The fourth-order valence-corrected chi connectivity index (χ4v) is 0.215. The molecule has 0 radical (unpaired) electrons. The van der Waals surface area contributed by atoms with Gasteiger partial charge in [0.15, 0.2) is 0 Å². The zero-order valence-corrected chi connectivity index (χ0v) is 4.43. The minimum atomic E-state index is 1.69. The van der Waals surface area contributed by atoms with Gasteiger partial charge < -0.3 is 0 Å². The van der Waals surface area contributed by atoms with Gasteiger partial charge in [-0.05, 0) is 6.07 Å². The molecular formula is C3H5N2NiO. The molecule has 0 spiro atoms. The quantitative estimate of drug-likeness (QED) is 0.497. The molecule has 0 aliphatic heterocycles. The van der Waals surface area contributed by atoms with E-state index in [0.29, 0.717) is 0 Å². The summed E-state index contributed by atoms with van der Waals surface area (Å²) in [6.07, 6.45) is 3.46. The van der Waals surface area contributed by atoms with E-state index in [2.05, 4.69) is 26.0 Å². The van der Waals surface area contributed by atoms with Crippen LogP contribution in [0.2, 0.25) is 0 Å². The number of aromatic nitrogens is 2. The molecule has 0 aliphatic carbocycles. The van der Waals surface area contributed by atoms with Gasteiger partial charge in [-0.15, -0.1) is 0 Å². The number of hydrogen-bond acceptors (Lipinski definition) is 2. The van der Waals surface area contributed by atoms with Crippen molar-refractivity contribution in [3.05, 3.63) is 18.5 Å². The predicted octanol–water partition coefficient (Wildman–Crippen LogP) is -0.150. The summed E-state index contributed by atoms with van der Waals surface area (Å²) >= 11 is 2.88. The monoisotopic (exact) mass is 143 g/mol. The van der Waals surface area contributed by atoms with Crippen molar-refractivity contribution >= 4 is 0 Å². The molecular weight excluding hydrogens is 139 g/mol. The molecule has 0 unspecified atom stereocenters. The molecule has 0 amide bonds. The molecule has 4 heteroatoms. The Morgan fingerprint density at radius 3 is 2.43 bits per heavy atom. The largest absolute Gasteiger partial charge is 0.286 e. The maximum atomic E-state index is 6.62. The molecule has 0 saturated heterocycles. The number of hydrogen-bond donors (Lipinski definition) is 2. The zero-order chi connectivity index (χ0) is 5.54. The Morgan fingerprint density at radius 1 is 1.57 bits per heavy atom. The third-order valence-corrected chi connectivity index (χ3v) is 0.406. The second-order valence-corrected chi connectivity index (χ2v) is 0.766. The molecule has 3 nitrogen and oxygen atoms in total. The summed E-state index contributed by atoms with van der Waals surface area (Å²) in [4.78, 5) is 0. The summed E-state index contributed by atoms with van der Waals surface area (Å²) < 4.78 is 6.62. The molecule has 0 aliphatic rings. The molecule has 1 heterocycles. The molecule has 1 rings (SSSR count). The van der Waals surface area contributed by atoms with E-state index in [0.717, 1.165) is 0 Å². The summed E-state index contributed by atoms with van der Waals surface area (Å²) in [6, 6.07) is 1.83. The van der Waals surface area contributed by atoms with Gasteiger partial charge in [0.25, 0.3) is 0 Å². The van der Waals surface area contributed by atoms with Crippen molar-refractivity contribution in [1.29, 1.82) is 0 Å². The van der Waals surface area contributed by atoms with Crippen LogP contribution in [0.15, 0.2) is 18.5 Å². The summed E-state index contributed by atoms with van der Waals surface area (Å²) in [5.74, 6) is 0. The van der Waals surface area contributed by atoms with Crippen molar-refractivity contribution in [1.82, 2.24) is 10.2 Å². The van der Waals surface area contributed by atoms with E-state index in [4.69, 9.17) is 4.25 Å². The van der Waals surface area contributed by atoms with Crippen LogP contribution in [0.4, 0.5) is 0 Å². The second-order valence-electron chi connectivity index (χ2n) is 0.766. The van der Waals surface area contributed by atoms with E-state index in [1.54, 1.807) is 12.4 Å². The molecule has 1 aromatic rings. The molecule has 0 bridgehead atoms. The van der Waals surface area contributed by atoms with Crippen molar-refractivity contribution in [2.75, 3.05) is 0 Å². The van der Waals surface area contributed by atoms with E-state index in [1.807, 2.05) is 6.07 Å². The van der Waals surface area contributed by atoms with Gasteiger partial charge in [0.1, 0.15) is 0 Å². The van der Waals surface area contributed by atoms with E-state index in [1.165, 1.54) is 0 Å². The Labute approximate surface area is 49.4 Å². The smallest absolute Gasteiger partial charge is 0.0487 e. The van der Waals surface area contributed by atoms with Crippen LogP contribution in [0, 0.1) is 0 Å². The Kier molecular flexibility index (Phi) is 5.39. The first-order chi connectivity index (χ1) is 3.50. The van der Waals surface area contributed by atoms with Gasteiger partial charge in [-0.25, -0.2) is 0 Å². The molecule has 43 valence electrons. The van der Waals surface area contributed by atoms with E-state index < -0.39 is 0 Å². The number of rotatable bonds is 0. The molecule has 2 N–H and O–H groups in total. The van der Waals surface area contributed by atoms with Gasteiger partial charge in [-0.2, -0.15) is 5.10 Å². The Morgan fingerprint density at radius 2 is 2.29 bits per heavy atom. The summed E-state index contributed by atoms with van der Waals surface area (Å²) in [7, 11) is 0. The minimum Gasteiger partial charge on any atom is -0.286 e.